The van der Waals surface area contributed by atoms with Crippen LogP contribution in [0.4, 0.5) is 0 Å². The normalized spacial score (nSPS) is 12.2. The van der Waals surface area contributed by atoms with Gasteiger partial charge in [-0.05, 0) is 18.9 Å². The SMILES string of the molecule is C=C([C@@H](N)Cc1ccccc1)N(C)CC. The molecule has 0 radical (unpaired) electrons. The molecule has 0 aromatic heterocycles. The Morgan fingerprint density at radius 3 is 2.53 bits per heavy atom. The highest BCUT2D eigenvalue weighted by Gasteiger charge is 2.10. The van der Waals surface area contributed by atoms with E-state index in [0.29, 0.717) is 0 Å². The monoisotopic (exact) mass is 204 g/mol. The van der Waals surface area contributed by atoms with Gasteiger partial charge in [0.25, 0.3) is 0 Å². The highest BCUT2D eigenvalue weighted by molar-refractivity contribution is 5.18. The Morgan fingerprint density at radius 1 is 1.40 bits per heavy atom. The zero-order chi connectivity index (χ0) is 11.3. The Kier molecular flexibility index (Phi) is 4.37. The first-order valence-electron chi connectivity index (χ1n) is 5.34. The van der Waals surface area contributed by atoms with Crippen molar-refractivity contribution in [1.29, 1.82) is 0 Å². The van der Waals surface area contributed by atoms with Gasteiger partial charge >= 0.3 is 0 Å². The molecule has 1 rings (SSSR count). The van der Waals surface area contributed by atoms with Gasteiger partial charge in [-0.2, -0.15) is 0 Å². The van der Waals surface area contributed by atoms with Gasteiger partial charge in [-0.25, -0.2) is 0 Å². The third kappa shape index (κ3) is 3.40. The van der Waals surface area contributed by atoms with Crippen molar-refractivity contribution in [2.24, 2.45) is 5.73 Å². The van der Waals surface area contributed by atoms with E-state index in [-0.39, 0.29) is 6.04 Å². The van der Waals surface area contributed by atoms with Crippen molar-refractivity contribution in [3.8, 4) is 0 Å². The van der Waals surface area contributed by atoms with E-state index in [2.05, 4.69) is 30.5 Å². The lowest BCUT2D eigenvalue weighted by atomic mass is 10.0. The molecular formula is C13H20N2. The molecule has 82 valence electrons. The second-order valence-electron chi connectivity index (χ2n) is 3.80. The summed E-state index contributed by atoms with van der Waals surface area (Å²) >= 11 is 0. The Morgan fingerprint density at radius 2 is 2.00 bits per heavy atom. The summed E-state index contributed by atoms with van der Waals surface area (Å²) in [5, 5.41) is 0. The lowest BCUT2D eigenvalue weighted by Gasteiger charge is -2.24. The summed E-state index contributed by atoms with van der Waals surface area (Å²) < 4.78 is 0. The van der Waals surface area contributed by atoms with E-state index >= 15 is 0 Å². The van der Waals surface area contributed by atoms with Gasteiger partial charge in [0.2, 0.25) is 0 Å². The van der Waals surface area contributed by atoms with Crippen LogP contribution in [-0.4, -0.2) is 24.5 Å². The largest absolute Gasteiger partial charge is 0.377 e. The molecule has 0 aliphatic rings. The van der Waals surface area contributed by atoms with Crippen LogP contribution in [-0.2, 0) is 6.42 Å². The van der Waals surface area contributed by atoms with Gasteiger partial charge in [-0.15, -0.1) is 0 Å². The molecule has 0 aliphatic heterocycles. The van der Waals surface area contributed by atoms with Crippen LogP contribution in [0.5, 0.6) is 0 Å². The van der Waals surface area contributed by atoms with Crippen LogP contribution in [0.2, 0.25) is 0 Å². The van der Waals surface area contributed by atoms with Crippen molar-refractivity contribution in [3.05, 3.63) is 48.2 Å². The van der Waals surface area contributed by atoms with Crippen molar-refractivity contribution < 1.29 is 0 Å². The molecule has 0 spiro atoms. The quantitative estimate of drug-likeness (QED) is 0.795. The summed E-state index contributed by atoms with van der Waals surface area (Å²) in [5.41, 5.74) is 8.35. The number of hydrogen-bond donors (Lipinski definition) is 1. The van der Waals surface area contributed by atoms with Crippen LogP contribution in [0, 0.1) is 0 Å². The molecule has 15 heavy (non-hydrogen) atoms. The highest BCUT2D eigenvalue weighted by atomic mass is 15.1. The first-order chi connectivity index (χ1) is 7.15. The maximum absolute atomic E-state index is 6.08. The molecule has 1 aromatic rings. The Bertz CT molecular complexity index is 306. The molecule has 2 nitrogen and oxygen atoms in total. The van der Waals surface area contributed by atoms with E-state index < -0.39 is 0 Å². The van der Waals surface area contributed by atoms with Gasteiger partial charge in [0, 0.05) is 25.3 Å². The number of nitrogens with zero attached hydrogens (tertiary/aromatic N) is 1. The number of benzene rings is 1. The maximum Gasteiger partial charge on any atom is 0.0481 e. The average molecular weight is 204 g/mol. The third-order valence-corrected chi connectivity index (χ3v) is 2.69. The summed E-state index contributed by atoms with van der Waals surface area (Å²) in [6, 6.07) is 10.3. The first kappa shape index (κ1) is 11.8. The predicted molar refractivity (Wildman–Crippen MR) is 65.6 cm³/mol. The molecule has 0 bridgehead atoms. The minimum Gasteiger partial charge on any atom is -0.377 e. The van der Waals surface area contributed by atoms with E-state index in [4.69, 9.17) is 5.73 Å². The minimum atomic E-state index is 0.0114. The van der Waals surface area contributed by atoms with Crippen molar-refractivity contribution in [2.45, 2.75) is 19.4 Å². The van der Waals surface area contributed by atoms with Gasteiger partial charge in [0.15, 0.2) is 0 Å². The molecule has 0 amide bonds. The highest BCUT2D eigenvalue weighted by Crippen LogP contribution is 2.09. The molecule has 2 N–H and O–H groups in total. The fraction of sp³-hybridized carbons (Fsp3) is 0.385. The summed E-state index contributed by atoms with van der Waals surface area (Å²) in [7, 11) is 2.02. The van der Waals surface area contributed by atoms with Crippen molar-refractivity contribution in [1.82, 2.24) is 4.90 Å². The number of nitrogens with two attached hydrogens (primary N) is 1. The van der Waals surface area contributed by atoms with E-state index in [1.165, 1.54) is 5.56 Å². The Balaban J connectivity index is 2.56. The molecule has 0 heterocycles. The Labute approximate surface area is 92.4 Å². The number of rotatable bonds is 5. The smallest absolute Gasteiger partial charge is 0.0481 e. The predicted octanol–water partition coefficient (Wildman–Crippen LogP) is 2.02. The van der Waals surface area contributed by atoms with Crippen molar-refractivity contribution >= 4 is 0 Å². The summed E-state index contributed by atoms with van der Waals surface area (Å²) in [6.45, 7) is 7.07. The van der Waals surface area contributed by atoms with Crippen LogP contribution in [0.3, 0.4) is 0 Å². The summed E-state index contributed by atoms with van der Waals surface area (Å²) in [6.07, 6.45) is 0.851. The summed E-state index contributed by atoms with van der Waals surface area (Å²) in [5.74, 6) is 0. The molecular weight excluding hydrogens is 184 g/mol. The fourth-order valence-electron chi connectivity index (χ4n) is 1.47. The van der Waals surface area contributed by atoms with Crippen LogP contribution in [0.25, 0.3) is 0 Å². The van der Waals surface area contributed by atoms with Gasteiger partial charge in [0.05, 0.1) is 0 Å². The Hall–Kier alpha value is -1.28. The van der Waals surface area contributed by atoms with Gasteiger partial charge in [-0.1, -0.05) is 36.9 Å². The third-order valence-electron chi connectivity index (χ3n) is 2.69. The second kappa shape index (κ2) is 5.56. The molecule has 1 aromatic carbocycles. The lowest BCUT2D eigenvalue weighted by Crippen LogP contribution is -2.33. The van der Waals surface area contributed by atoms with E-state index in [0.717, 1.165) is 18.7 Å². The van der Waals surface area contributed by atoms with Gasteiger partial charge in [-0.3, -0.25) is 0 Å². The van der Waals surface area contributed by atoms with E-state index in [9.17, 15) is 0 Å². The molecule has 0 unspecified atom stereocenters. The number of likely N-dealkylation sites (N-methyl/N-ethyl adjacent to an activating group) is 1. The summed E-state index contributed by atoms with van der Waals surface area (Å²) in [4.78, 5) is 2.09. The van der Waals surface area contributed by atoms with Crippen LogP contribution in [0.15, 0.2) is 42.6 Å². The zero-order valence-electron chi connectivity index (χ0n) is 9.61. The van der Waals surface area contributed by atoms with Crippen molar-refractivity contribution in [3.63, 3.8) is 0 Å². The zero-order valence-corrected chi connectivity index (χ0v) is 9.61. The number of hydrogen-bond acceptors (Lipinski definition) is 2. The van der Waals surface area contributed by atoms with Gasteiger partial charge < -0.3 is 10.6 Å². The molecule has 2 heteroatoms. The average Bonchev–Trinajstić information content (AvgIpc) is 2.28. The molecule has 0 saturated carbocycles. The van der Waals surface area contributed by atoms with Crippen LogP contribution >= 0.6 is 0 Å². The standard InChI is InChI=1S/C13H20N2/c1-4-15(3)11(2)13(14)10-12-8-6-5-7-9-12/h5-9,13H,2,4,10,14H2,1,3H3/t13-/m0/s1. The van der Waals surface area contributed by atoms with Crippen LogP contribution in [0.1, 0.15) is 12.5 Å². The topological polar surface area (TPSA) is 29.3 Å². The first-order valence-corrected chi connectivity index (χ1v) is 5.34. The maximum atomic E-state index is 6.08. The molecule has 0 saturated heterocycles. The van der Waals surface area contributed by atoms with Crippen LogP contribution < -0.4 is 5.73 Å². The molecule has 1 atom stereocenters. The van der Waals surface area contributed by atoms with E-state index in [1.54, 1.807) is 0 Å². The molecule has 0 aliphatic carbocycles. The molecule has 0 fully saturated rings. The van der Waals surface area contributed by atoms with Crippen molar-refractivity contribution in [2.75, 3.05) is 13.6 Å². The lowest BCUT2D eigenvalue weighted by molar-refractivity contribution is 0.406. The van der Waals surface area contributed by atoms with Gasteiger partial charge in [0.1, 0.15) is 0 Å². The second-order valence-corrected chi connectivity index (χ2v) is 3.80. The minimum absolute atomic E-state index is 0.0114. The fourth-order valence-corrected chi connectivity index (χ4v) is 1.47. The van der Waals surface area contributed by atoms with E-state index in [1.807, 2.05) is 25.2 Å².